The predicted octanol–water partition coefficient (Wildman–Crippen LogP) is 2.02. The quantitative estimate of drug-likeness (QED) is 0.848. The van der Waals surface area contributed by atoms with Gasteiger partial charge < -0.3 is 10.4 Å². The molecule has 1 aliphatic rings. The van der Waals surface area contributed by atoms with Crippen molar-refractivity contribution in [1.29, 1.82) is 0 Å². The average Bonchev–Trinajstić information content (AvgIpc) is 2.68. The van der Waals surface area contributed by atoms with E-state index in [9.17, 15) is 5.11 Å². The second-order valence-corrected chi connectivity index (χ2v) is 4.60. The molecule has 0 bridgehead atoms. The number of benzene rings is 1. The van der Waals surface area contributed by atoms with Gasteiger partial charge >= 0.3 is 0 Å². The summed E-state index contributed by atoms with van der Waals surface area (Å²) in [6, 6.07) is 8.09. The third kappa shape index (κ3) is 1.60. The first-order chi connectivity index (χ1) is 6.78. The molecule has 1 heterocycles. The molecule has 1 aliphatic heterocycles. The molecule has 2 rings (SSSR count). The van der Waals surface area contributed by atoms with Crippen molar-refractivity contribution in [3.63, 3.8) is 0 Å². The molecule has 14 heavy (non-hydrogen) atoms. The molecule has 76 valence electrons. The molecule has 0 amide bonds. The van der Waals surface area contributed by atoms with E-state index < -0.39 is 0 Å². The summed E-state index contributed by atoms with van der Waals surface area (Å²) in [5.74, 6) is 0. The first kappa shape index (κ1) is 10.1. The number of hydrogen-bond donors (Lipinski definition) is 2. The molecule has 3 heteroatoms. The lowest BCUT2D eigenvalue weighted by atomic mass is 9.89. The van der Waals surface area contributed by atoms with Crippen LogP contribution in [0.3, 0.4) is 0 Å². The zero-order chi connectivity index (χ0) is 10.0. The Morgan fingerprint density at radius 3 is 2.79 bits per heavy atom. The lowest BCUT2D eigenvalue weighted by molar-refractivity contribution is 0.178. The Hall–Kier alpha value is -0.380. The number of rotatable bonds is 2. The van der Waals surface area contributed by atoms with Gasteiger partial charge in [-0.1, -0.05) is 34.1 Å². The van der Waals surface area contributed by atoms with E-state index in [1.165, 1.54) is 5.56 Å². The molecule has 1 atom stereocenters. The van der Waals surface area contributed by atoms with Gasteiger partial charge in [-0.2, -0.15) is 0 Å². The number of halogens is 1. The van der Waals surface area contributed by atoms with Gasteiger partial charge in [-0.05, 0) is 31.0 Å². The summed E-state index contributed by atoms with van der Waals surface area (Å²) in [6.45, 7) is 1.15. The van der Waals surface area contributed by atoms with E-state index in [0.29, 0.717) is 0 Å². The Labute approximate surface area is 92.5 Å². The van der Waals surface area contributed by atoms with Gasteiger partial charge in [0.15, 0.2) is 0 Å². The number of nitrogens with one attached hydrogen (secondary N) is 1. The van der Waals surface area contributed by atoms with Crippen molar-refractivity contribution in [3.8, 4) is 0 Å². The van der Waals surface area contributed by atoms with E-state index in [0.717, 1.165) is 23.9 Å². The molecule has 0 aromatic heterocycles. The molecule has 0 saturated carbocycles. The second-order valence-electron chi connectivity index (χ2n) is 3.75. The number of aliphatic hydroxyl groups excluding tert-OH is 1. The minimum absolute atomic E-state index is 0.162. The van der Waals surface area contributed by atoms with Crippen LogP contribution in [-0.4, -0.2) is 18.3 Å². The average molecular weight is 256 g/mol. The molecule has 0 radical (unpaired) electrons. The molecule has 2 nitrogen and oxygen atoms in total. The highest BCUT2D eigenvalue weighted by atomic mass is 79.9. The maximum absolute atomic E-state index is 9.51. The fraction of sp³-hybridized carbons (Fsp3) is 0.455. The topological polar surface area (TPSA) is 32.3 Å². The summed E-state index contributed by atoms with van der Waals surface area (Å²) in [6.07, 6.45) is 2.13. The van der Waals surface area contributed by atoms with Crippen LogP contribution in [0.25, 0.3) is 0 Å². The van der Waals surface area contributed by atoms with Crippen molar-refractivity contribution in [2.45, 2.75) is 18.4 Å². The van der Waals surface area contributed by atoms with Crippen molar-refractivity contribution in [3.05, 3.63) is 34.3 Å². The Balaban J connectivity index is 2.41. The second kappa shape index (κ2) is 4.01. The summed E-state index contributed by atoms with van der Waals surface area (Å²) in [5, 5.41) is 12.9. The van der Waals surface area contributed by atoms with Crippen molar-refractivity contribution < 1.29 is 5.11 Å². The van der Waals surface area contributed by atoms with Crippen molar-refractivity contribution in [2.24, 2.45) is 0 Å². The largest absolute Gasteiger partial charge is 0.394 e. The van der Waals surface area contributed by atoms with E-state index >= 15 is 0 Å². The zero-order valence-corrected chi connectivity index (χ0v) is 9.55. The summed E-state index contributed by atoms with van der Waals surface area (Å²) in [7, 11) is 0. The van der Waals surface area contributed by atoms with Gasteiger partial charge in [0.25, 0.3) is 0 Å². The van der Waals surface area contributed by atoms with Gasteiger partial charge in [-0.25, -0.2) is 0 Å². The van der Waals surface area contributed by atoms with E-state index in [1.54, 1.807) is 0 Å². The maximum Gasteiger partial charge on any atom is 0.0680 e. The molecule has 1 unspecified atom stereocenters. The minimum Gasteiger partial charge on any atom is -0.394 e. The van der Waals surface area contributed by atoms with Crippen LogP contribution in [0.4, 0.5) is 0 Å². The molecule has 1 aromatic rings. The first-order valence-electron chi connectivity index (χ1n) is 4.89. The molecule has 1 saturated heterocycles. The Kier molecular flexibility index (Phi) is 2.91. The molecular weight excluding hydrogens is 242 g/mol. The molecule has 0 spiro atoms. The number of aliphatic hydroxyl groups is 1. The van der Waals surface area contributed by atoms with Crippen LogP contribution in [0.5, 0.6) is 0 Å². The van der Waals surface area contributed by atoms with Gasteiger partial charge in [0, 0.05) is 4.47 Å². The van der Waals surface area contributed by atoms with Gasteiger partial charge in [0.1, 0.15) is 0 Å². The highest BCUT2D eigenvalue weighted by Crippen LogP contribution is 2.34. The molecule has 0 aliphatic carbocycles. The molecular formula is C11H14BrNO. The third-order valence-electron chi connectivity index (χ3n) is 2.90. The van der Waals surface area contributed by atoms with E-state index in [4.69, 9.17) is 0 Å². The van der Waals surface area contributed by atoms with E-state index in [2.05, 4.69) is 27.3 Å². The fourth-order valence-electron chi connectivity index (χ4n) is 2.11. The van der Waals surface area contributed by atoms with Gasteiger partial charge in [0.2, 0.25) is 0 Å². The zero-order valence-electron chi connectivity index (χ0n) is 7.96. The van der Waals surface area contributed by atoms with E-state index in [-0.39, 0.29) is 12.1 Å². The van der Waals surface area contributed by atoms with Crippen LogP contribution in [0, 0.1) is 0 Å². The molecule has 2 N–H and O–H groups in total. The maximum atomic E-state index is 9.51. The van der Waals surface area contributed by atoms with Crippen LogP contribution in [-0.2, 0) is 5.54 Å². The van der Waals surface area contributed by atoms with Crippen LogP contribution >= 0.6 is 15.9 Å². The van der Waals surface area contributed by atoms with E-state index in [1.807, 2.05) is 18.2 Å². The molecule has 1 fully saturated rings. The first-order valence-corrected chi connectivity index (χ1v) is 5.69. The van der Waals surface area contributed by atoms with Crippen LogP contribution in [0.1, 0.15) is 18.4 Å². The lowest BCUT2D eigenvalue weighted by Gasteiger charge is -2.28. The predicted molar refractivity (Wildman–Crippen MR) is 60.1 cm³/mol. The standard InChI is InChI=1S/C11H14BrNO/c12-10-5-2-1-4-9(10)11(8-14)6-3-7-13-11/h1-2,4-5,13-14H,3,6-8H2. The Morgan fingerprint density at radius 2 is 2.21 bits per heavy atom. The Morgan fingerprint density at radius 1 is 1.43 bits per heavy atom. The van der Waals surface area contributed by atoms with Gasteiger partial charge in [-0.3, -0.25) is 0 Å². The van der Waals surface area contributed by atoms with Crippen molar-refractivity contribution in [1.82, 2.24) is 5.32 Å². The summed E-state index contributed by atoms with van der Waals surface area (Å²) in [5.41, 5.74) is 0.945. The lowest BCUT2D eigenvalue weighted by Crippen LogP contribution is -2.40. The third-order valence-corrected chi connectivity index (χ3v) is 3.59. The summed E-state index contributed by atoms with van der Waals surface area (Å²) in [4.78, 5) is 0. The smallest absolute Gasteiger partial charge is 0.0680 e. The minimum atomic E-state index is -0.222. The number of hydrogen-bond acceptors (Lipinski definition) is 2. The van der Waals surface area contributed by atoms with Gasteiger partial charge in [-0.15, -0.1) is 0 Å². The summed E-state index contributed by atoms with van der Waals surface area (Å²) >= 11 is 3.53. The van der Waals surface area contributed by atoms with Crippen molar-refractivity contribution >= 4 is 15.9 Å². The fourth-order valence-corrected chi connectivity index (χ4v) is 2.77. The van der Waals surface area contributed by atoms with Crippen molar-refractivity contribution in [2.75, 3.05) is 13.2 Å². The highest BCUT2D eigenvalue weighted by molar-refractivity contribution is 9.10. The van der Waals surface area contributed by atoms with Gasteiger partial charge in [0.05, 0.1) is 12.1 Å². The highest BCUT2D eigenvalue weighted by Gasteiger charge is 2.35. The van der Waals surface area contributed by atoms with Crippen LogP contribution in [0.15, 0.2) is 28.7 Å². The SMILES string of the molecule is OCC1(c2ccccc2Br)CCCN1. The summed E-state index contributed by atoms with van der Waals surface area (Å²) < 4.78 is 1.07. The normalized spacial score (nSPS) is 26.7. The Bertz CT molecular complexity index is 321. The van der Waals surface area contributed by atoms with Crippen LogP contribution < -0.4 is 5.32 Å². The monoisotopic (exact) mass is 255 g/mol. The van der Waals surface area contributed by atoms with Crippen LogP contribution in [0.2, 0.25) is 0 Å². The molecule has 1 aromatic carbocycles.